The lowest BCUT2D eigenvalue weighted by molar-refractivity contribution is -0.140. The second kappa shape index (κ2) is 14.0. The molecule has 4 heterocycles. The van der Waals surface area contributed by atoms with Gasteiger partial charge in [0.25, 0.3) is 5.56 Å². The number of carbonyl (C=O) groups excluding carboxylic acids is 1. The predicted octanol–water partition coefficient (Wildman–Crippen LogP) is 6.06. The van der Waals surface area contributed by atoms with Crippen molar-refractivity contribution in [3.63, 3.8) is 0 Å². The molecule has 45 heavy (non-hydrogen) atoms. The van der Waals surface area contributed by atoms with Gasteiger partial charge >= 0.3 is 5.97 Å². The molecule has 0 bridgehead atoms. The van der Waals surface area contributed by atoms with Crippen LogP contribution in [-0.2, 0) is 20.7 Å². The van der Waals surface area contributed by atoms with Crippen molar-refractivity contribution < 1.29 is 14.3 Å². The standard InChI is InChI=1S/C34H39N7O4/c1-3-25(38-31-30-33(36-21-35-31)40(22-37-30)27-18-10-11-20-45-27)32-39-26-17-12-14-23(13-6-4-9-19-28(42)44-2)29(26)34(43)41(32)24-15-7-5-8-16-24/h5,7-8,12,14-17,21-22,25,27H,3-4,6,9-11,13,18-20H2,1-2H3,(H,35,36,38)/t25-,27?/m0/s1. The van der Waals surface area contributed by atoms with E-state index in [0.29, 0.717) is 53.0 Å². The Morgan fingerprint density at radius 1 is 1.07 bits per heavy atom. The van der Waals surface area contributed by atoms with Gasteiger partial charge in [-0.05, 0) is 68.7 Å². The first-order chi connectivity index (χ1) is 22.1. The third-order valence-electron chi connectivity index (χ3n) is 8.43. The maximum Gasteiger partial charge on any atom is 0.305 e. The van der Waals surface area contributed by atoms with Crippen molar-refractivity contribution in [2.24, 2.45) is 0 Å². The minimum atomic E-state index is -0.349. The fraction of sp³-hybridized carbons (Fsp3) is 0.412. The van der Waals surface area contributed by atoms with Gasteiger partial charge in [-0.25, -0.2) is 19.9 Å². The van der Waals surface area contributed by atoms with Crippen LogP contribution < -0.4 is 10.9 Å². The summed E-state index contributed by atoms with van der Waals surface area (Å²) in [5.41, 5.74) is 3.59. The van der Waals surface area contributed by atoms with Gasteiger partial charge in [0, 0.05) is 13.0 Å². The van der Waals surface area contributed by atoms with Crippen LogP contribution in [0, 0.1) is 0 Å². The lowest BCUT2D eigenvalue weighted by Crippen LogP contribution is -2.29. The van der Waals surface area contributed by atoms with Crippen LogP contribution in [-0.4, -0.2) is 48.8 Å². The zero-order valence-corrected chi connectivity index (χ0v) is 25.8. The Bertz CT molecular complexity index is 1830. The minimum Gasteiger partial charge on any atom is -0.469 e. The molecule has 1 N–H and O–H groups in total. The highest BCUT2D eigenvalue weighted by molar-refractivity contribution is 5.84. The average molecular weight is 610 g/mol. The van der Waals surface area contributed by atoms with E-state index in [1.165, 1.54) is 13.4 Å². The summed E-state index contributed by atoms with van der Waals surface area (Å²) in [6.45, 7) is 2.78. The Balaban J connectivity index is 1.37. The van der Waals surface area contributed by atoms with Crippen LogP contribution in [0.2, 0.25) is 0 Å². The average Bonchev–Trinajstić information content (AvgIpc) is 3.52. The van der Waals surface area contributed by atoms with Gasteiger partial charge in [0.1, 0.15) is 18.4 Å². The maximum atomic E-state index is 14.4. The van der Waals surface area contributed by atoms with Crippen molar-refractivity contribution >= 4 is 33.9 Å². The molecule has 0 spiro atoms. The van der Waals surface area contributed by atoms with E-state index in [-0.39, 0.29) is 23.8 Å². The quantitative estimate of drug-likeness (QED) is 0.133. The van der Waals surface area contributed by atoms with E-state index >= 15 is 0 Å². The molecule has 0 aliphatic carbocycles. The summed E-state index contributed by atoms with van der Waals surface area (Å²) >= 11 is 0. The van der Waals surface area contributed by atoms with E-state index < -0.39 is 0 Å². The fourth-order valence-corrected chi connectivity index (χ4v) is 6.07. The number of nitrogens with one attached hydrogen (secondary N) is 1. The van der Waals surface area contributed by atoms with Gasteiger partial charge in [0.2, 0.25) is 0 Å². The third kappa shape index (κ3) is 6.44. The van der Waals surface area contributed by atoms with Crippen LogP contribution in [0.25, 0.3) is 27.8 Å². The molecule has 11 heteroatoms. The highest BCUT2D eigenvalue weighted by atomic mass is 16.5. The van der Waals surface area contributed by atoms with E-state index in [9.17, 15) is 9.59 Å². The number of carbonyl (C=O) groups is 1. The molecule has 6 rings (SSSR count). The van der Waals surface area contributed by atoms with Crippen molar-refractivity contribution in [3.05, 3.63) is 82.9 Å². The van der Waals surface area contributed by atoms with E-state index in [2.05, 4.69) is 27.2 Å². The molecule has 1 aliphatic rings. The first kappa shape index (κ1) is 30.4. The Morgan fingerprint density at radius 2 is 1.93 bits per heavy atom. The summed E-state index contributed by atoms with van der Waals surface area (Å²) < 4.78 is 14.5. The Morgan fingerprint density at radius 3 is 2.71 bits per heavy atom. The number of imidazole rings is 1. The number of ether oxygens (including phenoxy) is 2. The molecule has 1 aliphatic heterocycles. The zero-order chi connectivity index (χ0) is 31.2. The van der Waals surface area contributed by atoms with Crippen LogP contribution in [0.1, 0.15) is 81.9 Å². The van der Waals surface area contributed by atoms with Crippen LogP contribution in [0.4, 0.5) is 5.82 Å². The number of benzene rings is 2. The van der Waals surface area contributed by atoms with Crippen molar-refractivity contribution in [3.8, 4) is 5.69 Å². The van der Waals surface area contributed by atoms with E-state index in [1.807, 2.05) is 53.1 Å². The molecule has 0 saturated carbocycles. The number of aromatic nitrogens is 6. The molecule has 1 saturated heterocycles. The molecule has 2 aromatic carbocycles. The molecular formula is C34H39N7O4. The molecule has 1 fully saturated rings. The number of fused-ring (bicyclic) bond motifs is 2. The van der Waals surface area contributed by atoms with Crippen molar-refractivity contribution in [1.82, 2.24) is 29.1 Å². The Kier molecular flexibility index (Phi) is 9.44. The number of methoxy groups -OCH3 is 1. The monoisotopic (exact) mass is 609 g/mol. The van der Waals surface area contributed by atoms with Crippen LogP contribution in [0.3, 0.4) is 0 Å². The number of esters is 1. The van der Waals surface area contributed by atoms with Gasteiger partial charge in [0.15, 0.2) is 17.0 Å². The van der Waals surface area contributed by atoms with Gasteiger partial charge in [-0.3, -0.25) is 18.7 Å². The van der Waals surface area contributed by atoms with Gasteiger partial charge in [-0.2, -0.15) is 0 Å². The molecule has 11 nitrogen and oxygen atoms in total. The fourth-order valence-electron chi connectivity index (χ4n) is 6.07. The smallest absolute Gasteiger partial charge is 0.305 e. The van der Waals surface area contributed by atoms with Gasteiger partial charge in [-0.15, -0.1) is 0 Å². The van der Waals surface area contributed by atoms with Crippen LogP contribution in [0.5, 0.6) is 0 Å². The molecule has 234 valence electrons. The Labute approximate surface area is 261 Å². The molecule has 5 aromatic rings. The molecular weight excluding hydrogens is 570 g/mol. The van der Waals surface area contributed by atoms with E-state index in [0.717, 1.165) is 56.4 Å². The summed E-state index contributed by atoms with van der Waals surface area (Å²) in [7, 11) is 1.41. The highest BCUT2D eigenvalue weighted by Gasteiger charge is 2.25. The number of anilines is 1. The number of para-hydroxylation sites is 1. The third-order valence-corrected chi connectivity index (χ3v) is 8.43. The first-order valence-corrected chi connectivity index (χ1v) is 15.8. The molecule has 1 unspecified atom stereocenters. The largest absolute Gasteiger partial charge is 0.469 e. The molecule has 0 radical (unpaired) electrons. The first-order valence-electron chi connectivity index (χ1n) is 15.8. The van der Waals surface area contributed by atoms with Crippen molar-refractivity contribution in [2.45, 2.75) is 77.0 Å². The number of hydrogen-bond acceptors (Lipinski definition) is 9. The highest BCUT2D eigenvalue weighted by Crippen LogP contribution is 2.30. The second-order valence-electron chi connectivity index (χ2n) is 11.4. The van der Waals surface area contributed by atoms with Crippen LogP contribution >= 0.6 is 0 Å². The summed E-state index contributed by atoms with van der Waals surface area (Å²) in [6, 6.07) is 15.1. The van der Waals surface area contributed by atoms with Gasteiger partial charge < -0.3 is 14.8 Å². The summed E-state index contributed by atoms with van der Waals surface area (Å²) in [4.78, 5) is 44.8. The van der Waals surface area contributed by atoms with Crippen LogP contribution in [0.15, 0.2) is 66.0 Å². The lowest BCUT2D eigenvalue weighted by atomic mass is 10.0. The second-order valence-corrected chi connectivity index (χ2v) is 11.4. The normalized spacial score (nSPS) is 15.7. The number of nitrogens with zero attached hydrogens (tertiary/aromatic N) is 6. The molecule has 2 atom stereocenters. The minimum absolute atomic E-state index is 0.0964. The van der Waals surface area contributed by atoms with Crippen molar-refractivity contribution in [1.29, 1.82) is 0 Å². The van der Waals surface area contributed by atoms with E-state index in [1.54, 1.807) is 10.9 Å². The van der Waals surface area contributed by atoms with Gasteiger partial charge in [0.05, 0.1) is 36.1 Å². The van der Waals surface area contributed by atoms with Crippen molar-refractivity contribution in [2.75, 3.05) is 19.0 Å². The maximum absolute atomic E-state index is 14.4. The topological polar surface area (TPSA) is 126 Å². The number of aryl methyl sites for hydroxylation is 1. The molecule has 3 aromatic heterocycles. The van der Waals surface area contributed by atoms with E-state index in [4.69, 9.17) is 14.5 Å². The number of unbranched alkanes of at least 4 members (excludes halogenated alkanes) is 2. The number of rotatable bonds is 12. The number of hydrogen-bond donors (Lipinski definition) is 1. The zero-order valence-electron chi connectivity index (χ0n) is 25.8. The SMILES string of the molecule is CC[C@H](Nc1ncnc2c1ncn2C1CCCCO1)c1nc2cccc(CCCCCC(=O)OC)c2c(=O)n1-c1ccccc1. The van der Waals surface area contributed by atoms with Gasteiger partial charge in [-0.1, -0.05) is 43.7 Å². The summed E-state index contributed by atoms with van der Waals surface area (Å²) in [5, 5.41) is 4.17. The lowest BCUT2D eigenvalue weighted by Gasteiger charge is -2.24. The molecule has 0 amide bonds. The Hall–Kier alpha value is -4.64. The summed E-state index contributed by atoms with van der Waals surface area (Å²) in [6.07, 6.45) is 10.5. The predicted molar refractivity (Wildman–Crippen MR) is 172 cm³/mol. The summed E-state index contributed by atoms with van der Waals surface area (Å²) in [5.74, 6) is 0.977.